The molecule has 0 aromatic heterocycles. The maximum absolute atomic E-state index is 13.2. The number of anilines is 2. The summed E-state index contributed by atoms with van der Waals surface area (Å²) in [5.41, 5.74) is -2.33. The van der Waals surface area contributed by atoms with Crippen molar-refractivity contribution in [2.45, 2.75) is 39.2 Å². The molecule has 0 bridgehead atoms. The zero-order valence-electron chi connectivity index (χ0n) is 19.0. The summed E-state index contributed by atoms with van der Waals surface area (Å²) in [5.74, 6) is -1.78. The maximum Gasteiger partial charge on any atom is 0.418 e. The van der Waals surface area contributed by atoms with Crippen LogP contribution in [0.5, 0.6) is 0 Å². The van der Waals surface area contributed by atoms with Gasteiger partial charge in [0.25, 0.3) is 0 Å². The van der Waals surface area contributed by atoms with Crippen molar-refractivity contribution < 1.29 is 35.9 Å². The number of likely N-dealkylation sites (N-methyl/N-ethyl adjacent to an activating group) is 1. The van der Waals surface area contributed by atoms with Crippen LogP contribution in [0.3, 0.4) is 0 Å². The zero-order valence-corrected chi connectivity index (χ0v) is 19.8. The van der Waals surface area contributed by atoms with Gasteiger partial charge < -0.3 is 15.5 Å². The van der Waals surface area contributed by atoms with E-state index >= 15 is 0 Å². The average Bonchev–Trinajstić information content (AvgIpc) is 2.74. The lowest BCUT2D eigenvalue weighted by Crippen LogP contribution is -2.48. The van der Waals surface area contributed by atoms with Crippen molar-refractivity contribution in [3.05, 3.63) is 58.6 Å². The standard InChI is InChI=1S/C23H24ClF6N3O2/c1-4-33(12-19(34)31-17-8-6-5-7-15(17)23(28,29)30)21(35)20(13(2)3)32-18-10-9-14(11-16(18)24)22(25,26)27/h5-11,13,20,32H,4,12H2,1-3H3,(H,31,34)/t20-/m0/s1. The smallest absolute Gasteiger partial charge is 0.372 e. The Kier molecular flexibility index (Phi) is 9.05. The van der Waals surface area contributed by atoms with Gasteiger partial charge in [0.15, 0.2) is 0 Å². The van der Waals surface area contributed by atoms with Crippen LogP contribution in [0.15, 0.2) is 42.5 Å². The first kappa shape index (κ1) is 28.3. The van der Waals surface area contributed by atoms with Crippen molar-refractivity contribution in [3.8, 4) is 0 Å². The molecule has 2 aromatic rings. The Morgan fingerprint density at radius 3 is 2.11 bits per heavy atom. The van der Waals surface area contributed by atoms with Gasteiger partial charge in [-0.25, -0.2) is 0 Å². The molecule has 0 saturated carbocycles. The molecular weight excluding hydrogens is 500 g/mol. The average molecular weight is 524 g/mol. The summed E-state index contributed by atoms with van der Waals surface area (Å²) in [4.78, 5) is 26.8. The fourth-order valence-corrected chi connectivity index (χ4v) is 3.47. The van der Waals surface area contributed by atoms with Gasteiger partial charge in [0, 0.05) is 6.54 Å². The zero-order chi connectivity index (χ0) is 26.6. The Labute approximate surface area is 203 Å². The monoisotopic (exact) mass is 523 g/mol. The van der Waals surface area contributed by atoms with Gasteiger partial charge in [0.05, 0.1) is 34.1 Å². The molecule has 0 aliphatic heterocycles. The van der Waals surface area contributed by atoms with Gasteiger partial charge in [0.2, 0.25) is 11.8 Å². The topological polar surface area (TPSA) is 61.4 Å². The Hall–Kier alpha value is -2.95. The largest absolute Gasteiger partial charge is 0.418 e. The maximum atomic E-state index is 13.2. The van der Waals surface area contributed by atoms with Crippen molar-refractivity contribution in [1.29, 1.82) is 0 Å². The molecule has 0 spiro atoms. The van der Waals surface area contributed by atoms with Gasteiger partial charge in [-0.3, -0.25) is 9.59 Å². The normalized spacial score (nSPS) is 12.9. The molecule has 2 amide bonds. The molecule has 0 unspecified atom stereocenters. The van der Waals surface area contributed by atoms with Crippen LogP contribution in [0.25, 0.3) is 0 Å². The van der Waals surface area contributed by atoms with Gasteiger partial charge >= 0.3 is 12.4 Å². The van der Waals surface area contributed by atoms with Gasteiger partial charge in [-0.2, -0.15) is 26.3 Å². The highest BCUT2D eigenvalue weighted by atomic mass is 35.5. The van der Waals surface area contributed by atoms with E-state index < -0.39 is 53.6 Å². The third-order valence-electron chi connectivity index (χ3n) is 5.07. The Balaban J connectivity index is 2.18. The van der Waals surface area contributed by atoms with E-state index in [2.05, 4.69) is 10.6 Å². The van der Waals surface area contributed by atoms with E-state index in [1.165, 1.54) is 12.1 Å². The third-order valence-corrected chi connectivity index (χ3v) is 5.39. The highest BCUT2D eigenvalue weighted by Crippen LogP contribution is 2.35. The second-order valence-electron chi connectivity index (χ2n) is 8.00. The lowest BCUT2D eigenvalue weighted by atomic mass is 10.0. The lowest BCUT2D eigenvalue weighted by molar-refractivity contribution is -0.138. The number of benzene rings is 2. The van der Waals surface area contributed by atoms with Crippen molar-refractivity contribution in [2.24, 2.45) is 5.92 Å². The second kappa shape index (κ2) is 11.2. The van der Waals surface area contributed by atoms with E-state index in [9.17, 15) is 35.9 Å². The number of alkyl halides is 6. The molecular formula is C23H24ClF6N3O2. The molecule has 35 heavy (non-hydrogen) atoms. The number of amides is 2. The van der Waals surface area contributed by atoms with E-state index in [1.54, 1.807) is 20.8 Å². The number of rotatable bonds is 8. The van der Waals surface area contributed by atoms with Crippen LogP contribution in [0.1, 0.15) is 31.9 Å². The minimum atomic E-state index is -4.68. The van der Waals surface area contributed by atoms with Crippen LogP contribution in [0.4, 0.5) is 37.7 Å². The van der Waals surface area contributed by atoms with Crippen molar-refractivity contribution >= 4 is 34.8 Å². The summed E-state index contributed by atoms with van der Waals surface area (Å²) >= 11 is 5.99. The molecule has 0 fully saturated rings. The Morgan fingerprint density at radius 2 is 1.60 bits per heavy atom. The predicted molar refractivity (Wildman–Crippen MR) is 121 cm³/mol. The van der Waals surface area contributed by atoms with E-state index in [-0.39, 0.29) is 23.2 Å². The number of carbonyl (C=O) groups is 2. The molecule has 2 N–H and O–H groups in total. The molecule has 12 heteroatoms. The van der Waals surface area contributed by atoms with Crippen LogP contribution in [-0.4, -0.2) is 35.8 Å². The van der Waals surface area contributed by atoms with Crippen LogP contribution in [0.2, 0.25) is 5.02 Å². The van der Waals surface area contributed by atoms with Gasteiger partial charge in [-0.15, -0.1) is 0 Å². The van der Waals surface area contributed by atoms with E-state index in [1.807, 2.05) is 0 Å². The first-order chi connectivity index (χ1) is 16.1. The molecule has 2 aromatic carbocycles. The molecule has 2 rings (SSSR count). The van der Waals surface area contributed by atoms with Crippen LogP contribution < -0.4 is 10.6 Å². The molecule has 0 heterocycles. The molecule has 0 radical (unpaired) electrons. The van der Waals surface area contributed by atoms with Gasteiger partial charge in [0.1, 0.15) is 6.04 Å². The van der Waals surface area contributed by atoms with Gasteiger partial charge in [-0.05, 0) is 43.2 Å². The molecule has 0 aliphatic carbocycles. The van der Waals surface area contributed by atoms with Crippen LogP contribution >= 0.6 is 11.6 Å². The minimum absolute atomic E-state index is 0.0544. The summed E-state index contributed by atoms with van der Waals surface area (Å²) in [6.45, 7) is 4.46. The first-order valence-corrected chi connectivity index (χ1v) is 10.9. The molecule has 192 valence electrons. The van der Waals surface area contributed by atoms with E-state index in [0.29, 0.717) is 0 Å². The Morgan fingerprint density at radius 1 is 0.971 bits per heavy atom. The van der Waals surface area contributed by atoms with Gasteiger partial charge in [-0.1, -0.05) is 37.6 Å². The molecule has 5 nitrogen and oxygen atoms in total. The highest BCUT2D eigenvalue weighted by Gasteiger charge is 2.34. The number of carbonyl (C=O) groups excluding carboxylic acids is 2. The number of para-hydroxylation sites is 1. The fourth-order valence-electron chi connectivity index (χ4n) is 3.23. The van der Waals surface area contributed by atoms with E-state index in [4.69, 9.17) is 11.6 Å². The number of hydrogen-bond acceptors (Lipinski definition) is 3. The van der Waals surface area contributed by atoms with Crippen molar-refractivity contribution in [1.82, 2.24) is 4.90 Å². The quantitative estimate of drug-likeness (QED) is 0.399. The summed E-state index contributed by atoms with van der Waals surface area (Å²) in [5, 5.41) is 4.76. The molecule has 0 saturated heterocycles. The summed E-state index contributed by atoms with van der Waals surface area (Å²) in [7, 11) is 0. The third kappa shape index (κ3) is 7.51. The summed E-state index contributed by atoms with van der Waals surface area (Å²) in [6, 6.07) is 6.12. The molecule has 1 atom stereocenters. The van der Waals surface area contributed by atoms with Crippen molar-refractivity contribution in [3.63, 3.8) is 0 Å². The first-order valence-electron chi connectivity index (χ1n) is 10.5. The predicted octanol–water partition coefficient (Wildman–Crippen LogP) is 6.30. The van der Waals surface area contributed by atoms with Crippen LogP contribution in [0, 0.1) is 5.92 Å². The number of nitrogens with zero attached hydrogens (tertiary/aromatic N) is 1. The number of halogens is 7. The summed E-state index contributed by atoms with van der Waals surface area (Å²) < 4.78 is 78.2. The van der Waals surface area contributed by atoms with Crippen LogP contribution in [-0.2, 0) is 21.9 Å². The van der Waals surface area contributed by atoms with E-state index in [0.717, 1.165) is 35.2 Å². The fraction of sp³-hybridized carbons (Fsp3) is 0.391. The van der Waals surface area contributed by atoms with Crippen molar-refractivity contribution in [2.75, 3.05) is 23.7 Å². The molecule has 0 aliphatic rings. The minimum Gasteiger partial charge on any atom is -0.372 e. The summed E-state index contributed by atoms with van der Waals surface area (Å²) in [6.07, 6.45) is -9.27. The lowest BCUT2D eigenvalue weighted by Gasteiger charge is -2.30. The number of hydrogen-bond donors (Lipinski definition) is 2. The Bertz CT molecular complexity index is 1060. The second-order valence-corrected chi connectivity index (χ2v) is 8.41. The number of nitrogens with one attached hydrogen (secondary N) is 2. The highest BCUT2D eigenvalue weighted by molar-refractivity contribution is 6.33. The SMILES string of the molecule is CCN(CC(=O)Nc1ccccc1C(F)(F)F)C(=O)[C@@H](Nc1ccc(C(F)(F)F)cc1Cl)C(C)C.